The molecule has 1 atom stereocenters. The molecule has 0 bridgehead atoms. The van der Waals surface area contributed by atoms with E-state index in [1.54, 1.807) is 50.2 Å². The quantitative estimate of drug-likeness (QED) is 0.765. The number of phenolic OH excluding ortho intramolecular Hbond substituents is 2. The molecule has 1 amide bonds. The molecule has 5 heteroatoms. The fraction of sp³-hybridized carbons (Fsp3) is 0.227. The number of allylic oxidation sites excluding steroid dienone is 2. The summed E-state index contributed by atoms with van der Waals surface area (Å²) in [5.41, 5.74) is 1.14. The van der Waals surface area contributed by atoms with Crippen LogP contribution in [-0.2, 0) is 15.1 Å². The van der Waals surface area contributed by atoms with E-state index < -0.39 is 5.60 Å². The van der Waals surface area contributed by atoms with Crippen LogP contribution in [0.4, 0.5) is 0 Å². The fourth-order valence-corrected chi connectivity index (χ4v) is 3.62. The van der Waals surface area contributed by atoms with Crippen LogP contribution in [0.5, 0.6) is 11.5 Å². The highest BCUT2D eigenvalue weighted by Crippen LogP contribution is 2.42. The van der Waals surface area contributed by atoms with Gasteiger partial charge in [0.15, 0.2) is 0 Å². The maximum absolute atomic E-state index is 13.4. The average molecular weight is 363 g/mol. The third-order valence-corrected chi connectivity index (χ3v) is 5.21. The standard InChI is InChI=1S/C22H21NO4/c1-13-11-15(7-9-18(13)24)22(16-8-10-19(25)14(2)12-16)21(26)23-17-5-3-4-6-20(17)27-22/h3-4,6-12,17,24-25H,5H2,1-2H3,(H,23,26). The van der Waals surface area contributed by atoms with E-state index in [1.807, 2.05) is 18.2 Å². The Kier molecular flexibility index (Phi) is 3.95. The second kappa shape index (κ2) is 6.20. The minimum absolute atomic E-state index is 0.157. The summed E-state index contributed by atoms with van der Waals surface area (Å²) >= 11 is 0. The van der Waals surface area contributed by atoms with Gasteiger partial charge in [-0.2, -0.15) is 0 Å². The molecule has 138 valence electrons. The molecule has 1 aliphatic heterocycles. The summed E-state index contributed by atoms with van der Waals surface area (Å²) in [7, 11) is 0. The monoisotopic (exact) mass is 363 g/mol. The van der Waals surface area contributed by atoms with Crippen LogP contribution in [0.25, 0.3) is 0 Å². The topological polar surface area (TPSA) is 78.8 Å². The van der Waals surface area contributed by atoms with Crippen LogP contribution in [0.1, 0.15) is 28.7 Å². The van der Waals surface area contributed by atoms with Crippen LogP contribution >= 0.6 is 0 Å². The number of amides is 1. The molecule has 1 heterocycles. The minimum atomic E-state index is -1.40. The van der Waals surface area contributed by atoms with E-state index in [0.29, 0.717) is 34.4 Å². The summed E-state index contributed by atoms with van der Waals surface area (Å²) in [4.78, 5) is 13.4. The molecule has 2 aromatic rings. The largest absolute Gasteiger partial charge is 0.508 e. The Morgan fingerprint density at radius 1 is 1.04 bits per heavy atom. The number of carbonyl (C=O) groups excluding carboxylic acids is 1. The zero-order valence-corrected chi connectivity index (χ0v) is 15.2. The van der Waals surface area contributed by atoms with Crippen LogP contribution in [0.3, 0.4) is 0 Å². The van der Waals surface area contributed by atoms with Gasteiger partial charge in [-0.3, -0.25) is 4.79 Å². The number of aryl methyl sites for hydroxylation is 2. The number of aromatic hydroxyl groups is 2. The number of hydrogen-bond acceptors (Lipinski definition) is 4. The highest BCUT2D eigenvalue weighted by atomic mass is 16.5. The van der Waals surface area contributed by atoms with Crippen molar-refractivity contribution in [2.45, 2.75) is 31.9 Å². The van der Waals surface area contributed by atoms with E-state index in [4.69, 9.17) is 4.74 Å². The molecule has 3 N–H and O–H groups in total. The molecule has 2 aromatic carbocycles. The first kappa shape index (κ1) is 17.2. The van der Waals surface area contributed by atoms with Gasteiger partial charge in [-0.1, -0.05) is 24.3 Å². The molecule has 1 unspecified atom stereocenters. The number of fused-ring (bicyclic) bond motifs is 1. The van der Waals surface area contributed by atoms with Crippen molar-refractivity contribution in [2.75, 3.05) is 0 Å². The van der Waals surface area contributed by atoms with Crippen molar-refractivity contribution in [3.05, 3.63) is 82.6 Å². The van der Waals surface area contributed by atoms with Gasteiger partial charge in [-0.15, -0.1) is 0 Å². The van der Waals surface area contributed by atoms with Crippen molar-refractivity contribution >= 4 is 5.91 Å². The van der Waals surface area contributed by atoms with Crippen molar-refractivity contribution < 1.29 is 19.7 Å². The van der Waals surface area contributed by atoms with Crippen molar-refractivity contribution in [3.63, 3.8) is 0 Å². The molecule has 0 saturated carbocycles. The Balaban J connectivity index is 1.95. The number of phenols is 2. The zero-order chi connectivity index (χ0) is 19.2. The van der Waals surface area contributed by atoms with Crippen LogP contribution in [0.2, 0.25) is 0 Å². The number of hydrogen-bond donors (Lipinski definition) is 3. The fourth-order valence-electron chi connectivity index (χ4n) is 3.62. The van der Waals surface area contributed by atoms with Gasteiger partial charge in [-0.25, -0.2) is 0 Å². The van der Waals surface area contributed by atoms with E-state index in [9.17, 15) is 15.0 Å². The zero-order valence-electron chi connectivity index (χ0n) is 15.2. The smallest absolute Gasteiger partial charge is 0.274 e. The first-order valence-electron chi connectivity index (χ1n) is 8.88. The summed E-state index contributed by atoms with van der Waals surface area (Å²) in [6, 6.07) is 9.86. The maximum atomic E-state index is 13.4. The third-order valence-electron chi connectivity index (χ3n) is 5.21. The molecule has 2 aliphatic rings. The molecule has 1 saturated heterocycles. The SMILES string of the molecule is Cc1cc(C2(c3ccc(O)c(C)c3)OC3=CC=CCC3NC2=O)ccc1O. The van der Waals surface area contributed by atoms with Gasteiger partial charge in [0.1, 0.15) is 17.3 Å². The van der Waals surface area contributed by atoms with Crippen molar-refractivity contribution in [1.29, 1.82) is 0 Å². The van der Waals surface area contributed by atoms with Crippen LogP contribution in [0.15, 0.2) is 60.4 Å². The van der Waals surface area contributed by atoms with Gasteiger partial charge in [0.05, 0.1) is 6.04 Å². The predicted molar refractivity (Wildman–Crippen MR) is 101 cm³/mol. The minimum Gasteiger partial charge on any atom is -0.508 e. The first-order chi connectivity index (χ1) is 12.9. The van der Waals surface area contributed by atoms with Gasteiger partial charge in [0.25, 0.3) is 5.91 Å². The number of benzene rings is 2. The second-order valence-electron chi connectivity index (χ2n) is 7.04. The molecular weight excluding hydrogens is 342 g/mol. The Hall–Kier alpha value is -3.21. The third kappa shape index (κ3) is 2.67. The lowest BCUT2D eigenvalue weighted by atomic mass is 9.81. The highest BCUT2D eigenvalue weighted by molar-refractivity contribution is 5.92. The molecular formula is C22H21NO4. The van der Waals surface area contributed by atoms with Crippen molar-refractivity contribution in [1.82, 2.24) is 5.32 Å². The van der Waals surface area contributed by atoms with E-state index in [1.165, 1.54) is 0 Å². The number of ether oxygens (including phenoxy) is 1. The Labute approximate surface area is 157 Å². The molecule has 0 aromatic heterocycles. The number of rotatable bonds is 2. The lowest BCUT2D eigenvalue weighted by Crippen LogP contribution is -2.56. The van der Waals surface area contributed by atoms with Gasteiger partial charge in [-0.05, 0) is 61.7 Å². The molecule has 27 heavy (non-hydrogen) atoms. The molecule has 0 spiro atoms. The van der Waals surface area contributed by atoms with E-state index in [-0.39, 0.29) is 23.4 Å². The predicted octanol–water partition coefficient (Wildman–Crippen LogP) is 3.32. The van der Waals surface area contributed by atoms with Crippen LogP contribution in [-0.4, -0.2) is 22.2 Å². The Morgan fingerprint density at radius 3 is 2.19 bits per heavy atom. The summed E-state index contributed by atoms with van der Waals surface area (Å²) in [6.45, 7) is 3.56. The molecule has 1 fully saturated rings. The molecule has 0 radical (unpaired) electrons. The lowest BCUT2D eigenvalue weighted by molar-refractivity contribution is -0.145. The number of morpholine rings is 1. The van der Waals surface area contributed by atoms with Crippen LogP contribution < -0.4 is 5.32 Å². The van der Waals surface area contributed by atoms with E-state index >= 15 is 0 Å². The maximum Gasteiger partial charge on any atom is 0.274 e. The average Bonchev–Trinajstić information content (AvgIpc) is 2.66. The van der Waals surface area contributed by atoms with Crippen molar-refractivity contribution in [3.8, 4) is 11.5 Å². The summed E-state index contributed by atoms with van der Waals surface area (Å²) in [5.74, 6) is 0.734. The van der Waals surface area contributed by atoms with Gasteiger partial charge in [0, 0.05) is 11.1 Å². The number of carbonyl (C=O) groups is 1. The van der Waals surface area contributed by atoms with E-state index in [0.717, 1.165) is 0 Å². The summed E-state index contributed by atoms with van der Waals surface area (Å²) in [6.07, 6.45) is 6.44. The van der Waals surface area contributed by atoms with E-state index in [2.05, 4.69) is 5.32 Å². The Morgan fingerprint density at radius 2 is 1.63 bits per heavy atom. The molecule has 1 aliphatic carbocycles. The lowest BCUT2D eigenvalue weighted by Gasteiger charge is -2.42. The summed E-state index contributed by atoms with van der Waals surface area (Å²) < 4.78 is 6.39. The Bertz CT molecular complexity index is 938. The first-order valence-corrected chi connectivity index (χ1v) is 8.88. The van der Waals surface area contributed by atoms with Gasteiger partial charge in [0.2, 0.25) is 5.60 Å². The molecule has 4 rings (SSSR count). The van der Waals surface area contributed by atoms with Gasteiger partial charge < -0.3 is 20.3 Å². The normalized spacial score (nSPS) is 20.3. The second-order valence-corrected chi connectivity index (χ2v) is 7.04. The van der Waals surface area contributed by atoms with Crippen LogP contribution in [0, 0.1) is 13.8 Å². The molecule has 5 nitrogen and oxygen atoms in total. The van der Waals surface area contributed by atoms with Crippen molar-refractivity contribution in [2.24, 2.45) is 0 Å². The van der Waals surface area contributed by atoms with Gasteiger partial charge >= 0.3 is 0 Å². The summed E-state index contributed by atoms with van der Waals surface area (Å²) in [5, 5.41) is 22.9. The highest BCUT2D eigenvalue weighted by Gasteiger charge is 2.50. The number of nitrogens with one attached hydrogen (secondary N) is 1.